The smallest absolute Gasteiger partial charge is 0.214 e. The minimum atomic E-state index is 0.458. The zero-order valence-corrected chi connectivity index (χ0v) is 15.1. The van der Waals surface area contributed by atoms with E-state index >= 15 is 0 Å². The molecule has 26 heavy (non-hydrogen) atoms. The van der Waals surface area contributed by atoms with Crippen LogP contribution in [0.15, 0.2) is 65.3 Å². The highest BCUT2D eigenvalue weighted by atomic mass is 35.5. The molecular weight excluding hydrogens is 370 g/mol. The van der Waals surface area contributed by atoms with E-state index < -0.39 is 0 Å². The summed E-state index contributed by atoms with van der Waals surface area (Å²) in [5, 5.41) is 7.76. The Hall–Kier alpha value is -2.90. The molecule has 0 saturated carbocycles. The lowest BCUT2D eigenvalue weighted by molar-refractivity contribution is 0.523. The fourth-order valence-electron chi connectivity index (χ4n) is 2.54. The highest BCUT2D eigenvalue weighted by molar-refractivity contribution is 7.71. The third-order valence-corrected chi connectivity index (χ3v) is 4.34. The highest BCUT2D eigenvalue weighted by Gasteiger charge is 2.10. The van der Waals surface area contributed by atoms with Crippen LogP contribution >= 0.6 is 23.8 Å². The van der Waals surface area contributed by atoms with Gasteiger partial charge < -0.3 is 9.84 Å². The van der Waals surface area contributed by atoms with E-state index in [9.17, 15) is 0 Å². The van der Waals surface area contributed by atoms with Crippen molar-refractivity contribution in [3.05, 3.63) is 76.5 Å². The molecule has 0 aliphatic carbocycles. The number of benzene rings is 1. The van der Waals surface area contributed by atoms with Gasteiger partial charge in [0.2, 0.25) is 4.77 Å². The first-order valence-electron chi connectivity index (χ1n) is 7.87. The van der Waals surface area contributed by atoms with Crippen LogP contribution in [0.1, 0.15) is 5.76 Å². The molecule has 3 heterocycles. The number of nitrogens with one attached hydrogen (secondary N) is 2. The van der Waals surface area contributed by atoms with Crippen LogP contribution in [0.2, 0.25) is 5.02 Å². The largest absolute Gasteiger partial charge is 0.459 e. The van der Waals surface area contributed by atoms with E-state index in [1.807, 2.05) is 48.5 Å². The van der Waals surface area contributed by atoms with E-state index in [1.165, 1.54) is 0 Å². The number of aromatic amines is 1. The number of pyridine rings is 1. The number of aromatic nitrogens is 4. The predicted octanol–water partition coefficient (Wildman–Crippen LogP) is 4.66. The molecule has 0 spiro atoms. The Labute approximate surface area is 159 Å². The molecule has 0 fully saturated rings. The Morgan fingerprint density at radius 1 is 1.04 bits per heavy atom. The second-order valence-corrected chi connectivity index (χ2v) is 6.35. The Bertz CT molecular complexity index is 1070. The Morgan fingerprint density at radius 2 is 1.81 bits per heavy atom. The van der Waals surface area contributed by atoms with Crippen molar-refractivity contribution in [2.75, 3.05) is 5.43 Å². The molecule has 0 radical (unpaired) electrons. The van der Waals surface area contributed by atoms with E-state index in [2.05, 4.69) is 20.6 Å². The van der Waals surface area contributed by atoms with Gasteiger partial charge in [-0.3, -0.25) is 4.98 Å². The predicted molar refractivity (Wildman–Crippen MR) is 103 cm³/mol. The Kier molecular flexibility index (Phi) is 4.55. The normalized spacial score (nSPS) is 10.8. The van der Waals surface area contributed by atoms with Gasteiger partial charge >= 0.3 is 0 Å². The third kappa shape index (κ3) is 3.40. The van der Waals surface area contributed by atoms with E-state index in [1.54, 1.807) is 17.1 Å². The molecule has 0 atom stereocenters. The SMILES string of the molecule is S=c1[nH]nc(-c2ccncc2)n1NCc1ccc(-c2ccc(Cl)cc2)o1. The lowest BCUT2D eigenvalue weighted by atomic mass is 10.2. The van der Waals surface area contributed by atoms with E-state index in [-0.39, 0.29) is 0 Å². The monoisotopic (exact) mass is 383 g/mol. The van der Waals surface area contributed by atoms with Crippen LogP contribution < -0.4 is 5.43 Å². The van der Waals surface area contributed by atoms with Crippen molar-refractivity contribution in [2.24, 2.45) is 0 Å². The molecule has 0 saturated heterocycles. The summed E-state index contributed by atoms with van der Waals surface area (Å²) >= 11 is 11.2. The van der Waals surface area contributed by atoms with Gasteiger partial charge in [0.25, 0.3) is 0 Å². The van der Waals surface area contributed by atoms with E-state index in [4.69, 9.17) is 28.2 Å². The topological polar surface area (TPSA) is 71.7 Å². The van der Waals surface area contributed by atoms with E-state index in [0.29, 0.717) is 22.2 Å². The lowest BCUT2D eigenvalue weighted by Gasteiger charge is -2.08. The van der Waals surface area contributed by atoms with Crippen molar-refractivity contribution in [2.45, 2.75) is 6.54 Å². The molecule has 0 bridgehead atoms. The molecule has 0 aliphatic rings. The number of H-pyrrole nitrogens is 1. The first kappa shape index (κ1) is 16.6. The first-order valence-corrected chi connectivity index (χ1v) is 8.66. The number of nitrogens with zero attached hydrogens (tertiary/aromatic N) is 3. The summed E-state index contributed by atoms with van der Waals surface area (Å²) in [6.45, 7) is 0.458. The van der Waals surface area contributed by atoms with Gasteiger partial charge in [0, 0.05) is 28.5 Å². The summed E-state index contributed by atoms with van der Waals surface area (Å²) in [6.07, 6.45) is 3.42. The summed E-state index contributed by atoms with van der Waals surface area (Å²) in [7, 11) is 0. The average Bonchev–Trinajstić information content (AvgIpc) is 3.28. The van der Waals surface area contributed by atoms with Crippen LogP contribution in [0.4, 0.5) is 0 Å². The van der Waals surface area contributed by atoms with Crippen molar-refractivity contribution in [1.82, 2.24) is 19.9 Å². The number of rotatable bonds is 5. The summed E-state index contributed by atoms with van der Waals surface area (Å²) in [5.41, 5.74) is 5.11. The quantitative estimate of drug-likeness (QED) is 0.490. The highest BCUT2D eigenvalue weighted by Crippen LogP contribution is 2.24. The van der Waals surface area contributed by atoms with Crippen molar-refractivity contribution in [3.8, 4) is 22.7 Å². The zero-order valence-electron chi connectivity index (χ0n) is 13.5. The van der Waals surface area contributed by atoms with Gasteiger partial charge in [-0.1, -0.05) is 11.6 Å². The van der Waals surface area contributed by atoms with Crippen LogP contribution in [0.5, 0.6) is 0 Å². The molecule has 0 unspecified atom stereocenters. The van der Waals surface area contributed by atoms with Gasteiger partial charge in [0.05, 0.1) is 6.54 Å². The lowest BCUT2D eigenvalue weighted by Crippen LogP contribution is -2.15. The molecule has 8 heteroatoms. The third-order valence-electron chi connectivity index (χ3n) is 3.81. The van der Waals surface area contributed by atoms with Crippen molar-refractivity contribution < 1.29 is 4.42 Å². The second kappa shape index (κ2) is 7.15. The van der Waals surface area contributed by atoms with Crippen LogP contribution in [0, 0.1) is 4.77 Å². The maximum Gasteiger partial charge on any atom is 0.214 e. The van der Waals surface area contributed by atoms with Crippen molar-refractivity contribution in [3.63, 3.8) is 0 Å². The molecule has 2 N–H and O–H groups in total. The van der Waals surface area contributed by atoms with Crippen molar-refractivity contribution >= 4 is 23.8 Å². The van der Waals surface area contributed by atoms with Crippen LogP contribution in [0.25, 0.3) is 22.7 Å². The Morgan fingerprint density at radius 3 is 2.58 bits per heavy atom. The van der Waals surface area contributed by atoms with Gasteiger partial charge in [0.15, 0.2) is 5.82 Å². The number of hydrogen-bond acceptors (Lipinski definition) is 5. The van der Waals surface area contributed by atoms with Crippen LogP contribution in [-0.2, 0) is 6.54 Å². The molecule has 4 rings (SSSR count). The number of hydrogen-bond donors (Lipinski definition) is 2. The molecule has 130 valence electrons. The maximum atomic E-state index is 5.93. The molecular formula is C18H14ClN5OS. The number of halogens is 1. The minimum Gasteiger partial charge on any atom is -0.459 e. The van der Waals surface area contributed by atoms with Crippen molar-refractivity contribution in [1.29, 1.82) is 0 Å². The summed E-state index contributed by atoms with van der Waals surface area (Å²) in [6, 6.07) is 15.1. The van der Waals surface area contributed by atoms with Gasteiger partial charge in [-0.05, 0) is 60.7 Å². The average molecular weight is 384 g/mol. The van der Waals surface area contributed by atoms with Crippen LogP contribution in [0.3, 0.4) is 0 Å². The molecule has 4 aromatic rings. The molecule has 1 aromatic carbocycles. The first-order chi connectivity index (χ1) is 12.7. The molecule has 6 nitrogen and oxygen atoms in total. The fourth-order valence-corrected chi connectivity index (χ4v) is 2.86. The second-order valence-electron chi connectivity index (χ2n) is 5.53. The fraction of sp³-hybridized carbons (Fsp3) is 0.0556. The van der Waals surface area contributed by atoms with Crippen LogP contribution in [-0.4, -0.2) is 19.9 Å². The summed E-state index contributed by atoms with van der Waals surface area (Å²) in [5.74, 6) is 2.24. The zero-order chi connectivity index (χ0) is 17.9. The van der Waals surface area contributed by atoms with Gasteiger partial charge in [0.1, 0.15) is 11.5 Å². The van der Waals surface area contributed by atoms with E-state index in [0.717, 1.165) is 22.6 Å². The Balaban J connectivity index is 1.53. The maximum absolute atomic E-state index is 5.93. The summed E-state index contributed by atoms with van der Waals surface area (Å²) in [4.78, 5) is 4.02. The molecule has 0 amide bonds. The number of furan rings is 1. The molecule has 0 aliphatic heterocycles. The van der Waals surface area contributed by atoms with Gasteiger partial charge in [-0.25, -0.2) is 9.77 Å². The van der Waals surface area contributed by atoms with Gasteiger partial charge in [-0.15, -0.1) is 0 Å². The van der Waals surface area contributed by atoms with Gasteiger partial charge in [-0.2, -0.15) is 5.10 Å². The standard InChI is InChI=1S/C18H14ClN5OS/c19-14-3-1-12(2-4-14)16-6-5-15(25-16)11-21-24-17(22-23-18(24)26)13-7-9-20-10-8-13/h1-10,21H,11H2,(H,23,26). The molecule has 3 aromatic heterocycles. The minimum absolute atomic E-state index is 0.458. The summed E-state index contributed by atoms with van der Waals surface area (Å²) < 4.78 is 8.09.